The summed E-state index contributed by atoms with van der Waals surface area (Å²) in [6.45, 7) is 0. The standard InChI is InChI=1S/C13H8ClNS/c14-11-6-7-13(10(8-11)9-15)16-12-4-2-1-3-5-12/h1-8H. The van der Waals surface area contributed by atoms with Crippen LogP contribution in [0.25, 0.3) is 0 Å². The summed E-state index contributed by atoms with van der Waals surface area (Å²) in [5.74, 6) is 0. The third kappa shape index (κ3) is 2.57. The lowest BCUT2D eigenvalue weighted by Crippen LogP contribution is -1.81. The zero-order valence-electron chi connectivity index (χ0n) is 8.35. The Bertz CT molecular complexity index is 531. The molecule has 0 spiro atoms. The van der Waals surface area contributed by atoms with Crippen molar-refractivity contribution in [2.45, 2.75) is 9.79 Å². The minimum Gasteiger partial charge on any atom is -0.192 e. The Balaban J connectivity index is 2.32. The van der Waals surface area contributed by atoms with Crippen LogP contribution in [0.5, 0.6) is 0 Å². The van der Waals surface area contributed by atoms with Crippen molar-refractivity contribution in [1.82, 2.24) is 0 Å². The highest BCUT2D eigenvalue weighted by atomic mass is 35.5. The lowest BCUT2D eigenvalue weighted by atomic mass is 10.2. The van der Waals surface area contributed by atoms with Crippen LogP contribution in [-0.2, 0) is 0 Å². The van der Waals surface area contributed by atoms with E-state index in [1.165, 1.54) is 0 Å². The first kappa shape index (κ1) is 11.1. The average molecular weight is 246 g/mol. The van der Waals surface area contributed by atoms with Crippen LogP contribution in [0.2, 0.25) is 5.02 Å². The van der Waals surface area contributed by atoms with Gasteiger partial charge in [0.2, 0.25) is 0 Å². The minimum atomic E-state index is 0.592. The van der Waals surface area contributed by atoms with Crippen molar-refractivity contribution < 1.29 is 0 Å². The van der Waals surface area contributed by atoms with Crippen LogP contribution in [0.1, 0.15) is 5.56 Å². The van der Waals surface area contributed by atoms with Crippen molar-refractivity contribution in [2.75, 3.05) is 0 Å². The highest BCUT2D eigenvalue weighted by Crippen LogP contribution is 2.31. The second-order valence-corrected chi connectivity index (χ2v) is 4.72. The number of rotatable bonds is 2. The van der Waals surface area contributed by atoms with Crippen molar-refractivity contribution in [3.05, 3.63) is 59.1 Å². The molecule has 2 rings (SSSR count). The molecule has 78 valence electrons. The Labute approximate surface area is 104 Å². The fourth-order valence-electron chi connectivity index (χ4n) is 1.29. The molecule has 0 aliphatic heterocycles. The molecular formula is C13H8ClNS. The quantitative estimate of drug-likeness (QED) is 0.785. The Hall–Kier alpha value is -1.43. The highest BCUT2D eigenvalue weighted by Gasteiger charge is 2.04. The Morgan fingerprint density at radius 1 is 1.06 bits per heavy atom. The normalized spacial score (nSPS) is 9.75. The van der Waals surface area contributed by atoms with E-state index >= 15 is 0 Å². The molecule has 0 N–H and O–H groups in total. The van der Waals surface area contributed by atoms with Crippen molar-refractivity contribution >= 4 is 23.4 Å². The first-order chi connectivity index (χ1) is 7.79. The molecule has 1 nitrogen and oxygen atoms in total. The molecule has 16 heavy (non-hydrogen) atoms. The van der Waals surface area contributed by atoms with E-state index in [0.717, 1.165) is 9.79 Å². The molecular weight excluding hydrogens is 238 g/mol. The summed E-state index contributed by atoms with van der Waals surface area (Å²) in [4.78, 5) is 2.04. The van der Waals surface area contributed by atoms with Gasteiger partial charge < -0.3 is 0 Å². The fourth-order valence-corrected chi connectivity index (χ4v) is 2.36. The monoisotopic (exact) mass is 245 g/mol. The summed E-state index contributed by atoms with van der Waals surface area (Å²) in [7, 11) is 0. The summed E-state index contributed by atoms with van der Waals surface area (Å²) in [5, 5.41) is 9.59. The predicted molar refractivity (Wildman–Crippen MR) is 66.7 cm³/mol. The molecule has 0 unspecified atom stereocenters. The minimum absolute atomic E-state index is 0.592. The number of hydrogen-bond donors (Lipinski definition) is 0. The van der Waals surface area contributed by atoms with Gasteiger partial charge in [-0.3, -0.25) is 0 Å². The summed E-state index contributed by atoms with van der Waals surface area (Å²) in [5.41, 5.74) is 0.612. The average Bonchev–Trinajstić information content (AvgIpc) is 2.33. The van der Waals surface area contributed by atoms with E-state index in [1.54, 1.807) is 23.9 Å². The van der Waals surface area contributed by atoms with E-state index < -0.39 is 0 Å². The molecule has 0 saturated heterocycles. The van der Waals surface area contributed by atoms with Crippen molar-refractivity contribution in [3.63, 3.8) is 0 Å². The smallest absolute Gasteiger partial charge is 0.100 e. The zero-order chi connectivity index (χ0) is 11.4. The topological polar surface area (TPSA) is 23.8 Å². The van der Waals surface area contributed by atoms with E-state index in [-0.39, 0.29) is 0 Å². The molecule has 3 heteroatoms. The largest absolute Gasteiger partial charge is 0.192 e. The summed E-state index contributed by atoms with van der Waals surface area (Å²) in [6.07, 6.45) is 0. The molecule has 2 aromatic rings. The third-order valence-corrected chi connectivity index (χ3v) is 3.35. The van der Waals surface area contributed by atoms with E-state index in [2.05, 4.69) is 6.07 Å². The maximum absolute atomic E-state index is 9.00. The third-order valence-electron chi connectivity index (χ3n) is 2.03. The number of halogens is 1. The lowest BCUT2D eigenvalue weighted by Gasteiger charge is -2.03. The van der Waals surface area contributed by atoms with E-state index in [0.29, 0.717) is 10.6 Å². The first-order valence-electron chi connectivity index (χ1n) is 4.72. The molecule has 0 amide bonds. The Morgan fingerprint density at radius 2 is 1.81 bits per heavy atom. The second kappa shape index (κ2) is 5.07. The van der Waals surface area contributed by atoms with Crippen LogP contribution >= 0.6 is 23.4 Å². The molecule has 0 bridgehead atoms. The van der Waals surface area contributed by atoms with Crippen LogP contribution < -0.4 is 0 Å². The molecule has 0 aromatic heterocycles. The van der Waals surface area contributed by atoms with Crippen molar-refractivity contribution in [3.8, 4) is 6.07 Å². The van der Waals surface area contributed by atoms with Gasteiger partial charge in [0.1, 0.15) is 6.07 Å². The fraction of sp³-hybridized carbons (Fsp3) is 0. The van der Waals surface area contributed by atoms with Gasteiger partial charge in [-0.1, -0.05) is 41.6 Å². The Morgan fingerprint density at radius 3 is 2.50 bits per heavy atom. The lowest BCUT2D eigenvalue weighted by molar-refractivity contribution is 1.35. The van der Waals surface area contributed by atoms with Crippen LogP contribution in [0.4, 0.5) is 0 Å². The van der Waals surface area contributed by atoms with Gasteiger partial charge in [-0.15, -0.1) is 0 Å². The number of nitrogens with zero attached hydrogens (tertiary/aromatic N) is 1. The molecule has 0 saturated carbocycles. The van der Waals surface area contributed by atoms with Crippen LogP contribution in [0.3, 0.4) is 0 Å². The number of hydrogen-bond acceptors (Lipinski definition) is 2. The van der Waals surface area contributed by atoms with E-state index in [1.807, 2.05) is 36.4 Å². The van der Waals surface area contributed by atoms with Gasteiger partial charge in [-0.05, 0) is 30.3 Å². The molecule has 0 heterocycles. The molecule has 0 fully saturated rings. The van der Waals surface area contributed by atoms with Gasteiger partial charge in [-0.25, -0.2) is 0 Å². The van der Waals surface area contributed by atoms with Crippen molar-refractivity contribution in [1.29, 1.82) is 5.26 Å². The van der Waals surface area contributed by atoms with Gasteiger partial charge in [0.25, 0.3) is 0 Å². The second-order valence-electron chi connectivity index (χ2n) is 3.17. The number of benzene rings is 2. The summed E-state index contributed by atoms with van der Waals surface area (Å²) >= 11 is 7.40. The highest BCUT2D eigenvalue weighted by molar-refractivity contribution is 7.99. The zero-order valence-corrected chi connectivity index (χ0v) is 9.92. The molecule has 0 radical (unpaired) electrons. The van der Waals surface area contributed by atoms with Crippen LogP contribution in [0, 0.1) is 11.3 Å². The number of nitriles is 1. The SMILES string of the molecule is N#Cc1cc(Cl)ccc1Sc1ccccc1. The van der Waals surface area contributed by atoms with Gasteiger partial charge in [0.05, 0.1) is 5.56 Å². The molecule has 2 aromatic carbocycles. The van der Waals surface area contributed by atoms with Crippen molar-refractivity contribution in [2.24, 2.45) is 0 Å². The summed E-state index contributed by atoms with van der Waals surface area (Å²) in [6, 6.07) is 17.5. The predicted octanol–water partition coefficient (Wildman–Crippen LogP) is 4.36. The van der Waals surface area contributed by atoms with Gasteiger partial charge in [-0.2, -0.15) is 5.26 Å². The van der Waals surface area contributed by atoms with Gasteiger partial charge >= 0.3 is 0 Å². The maximum atomic E-state index is 9.00. The molecule has 0 atom stereocenters. The summed E-state index contributed by atoms with van der Waals surface area (Å²) < 4.78 is 0. The van der Waals surface area contributed by atoms with E-state index in [9.17, 15) is 0 Å². The van der Waals surface area contributed by atoms with Gasteiger partial charge in [0.15, 0.2) is 0 Å². The van der Waals surface area contributed by atoms with E-state index in [4.69, 9.17) is 16.9 Å². The van der Waals surface area contributed by atoms with Crippen LogP contribution in [0.15, 0.2) is 58.3 Å². The maximum Gasteiger partial charge on any atom is 0.100 e. The van der Waals surface area contributed by atoms with Crippen LogP contribution in [-0.4, -0.2) is 0 Å². The molecule has 0 aliphatic carbocycles. The Kier molecular flexibility index (Phi) is 3.51. The first-order valence-corrected chi connectivity index (χ1v) is 5.91. The molecule has 0 aliphatic rings. The van der Waals surface area contributed by atoms with Gasteiger partial charge in [0, 0.05) is 14.8 Å².